The van der Waals surface area contributed by atoms with Crippen LogP contribution in [0.2, 0.25) is 5.02 Å². The van der Waals surface area contributed by atoms with Crippen LogP contribution in [0.1, 0.15) is 0 Å². The minimum absolute atomic E-state index is 0.651. The largest absolute Gasteiger partial charge is 0.495 e. The van der Waals surface area contributed by atoms with Crippen molar-refractivity contribution < 1.29 is 4.74 Å². The molecule has 2 aromatic rings. The number of thiol groups is 1. The quantitative estimate of drug-likeness (QED) is 0.726. The fourth-order valence-corrected chi connectivity index (χ4v) is 1.94. The Hall–Kier alpha value is -0.860. The fraction of sp³-hybridized carbons (Fsp3) is 0.0909. The summed E-state index contributed by atoms with van der Waals surface area (Å²) >= 11 is 10.4. The van der Waals surface area contributed by atoms with Crippen LogP contribution >= 0.6 is 24.2 Å². The lowest BCUT2D eigenvalue weighted by Crippen LogP contribution is -1.84. The van der Waals surface area contributed by atoms with Gasteiger partial charge in [-0.05, 0) is 23.6 Å². The van der Waals surface area contributed by atoms with Crippen molar-refractivity contribution in [2.24, 2.45) is 0 Å². The maximum absolute atomic E-state index is 6.14. The molecule has 0 saturated carbocycles. The third-order valence-electron chi connectivity index (χ3n) is 2.12. The van der Waals surface area contributed by atoms with Gasteiger partial charge < -0.3 is 4.74 Å². The number of rotatable bonds is 1. The molecule has 0 bridgehead atoms. The lowest BCUT2D eigenvalue weighted by Gasteiger charge is -2.06. The zero-order valence-electron chi connectivity index (χ0n) is 7.62. The molecule has 14 heavy (non-hydrogen) atoms. The van der Waals surface area contributed by atoms with Crippen LogP contribution < -0.4 is 4.74 Å². The monoisotopic (exact) mass is 224 g/mol. The second-order valence-corrected chi connectivity index (χ2v) is 3.88. The summed E-state index contributed by atoms with van der Waals surface area (Å²) in [6, 6.07) is 9.67. The lowest BCUT2D eigenvalue weighted by molar-refractivity contribution is 0.415. The van der Waals surface area contributed by atoms with Crippen molar-refractivity contribution in [1.82, 2.24) is 0 Å². The van der Waals surface area contributed by atoms with Crippen LogP contribution in [-0.2, 0) is 0 Å². The van der Waals surface area contributed by atoms with Crippen LogP contribution in [0, 0.1) is 0 Å². The molecular formula is C11H9ClOS. The standard InChI is InChI=1S/C11H9ClOS/c1-13-10-5-2-7-6-8(14)3-4-9(7)11(10)12/h2-6,14H,1H3. The van der Waals surface area contributed by atoms with Gasteiger partial charge in [-0.3, -0.25) is 0 Å². The van der Waals surface area contributed by atoms with E-state index in [9.17, 15) is 0 Å². The van der Waals surface area contributed by atoms with Gasteiger partial charge in [-0.2, -0.15) is 0 Å². The van der Waals surface area contributed by atoms with E-state index in [-0.39, 0.29) is 0 Å². The predicted octanol–water partition coefficient (Wildman–Crippen LogP) is 3.79. The lowest BCUT2D eigenvalue weighted by atomic mass is 10.1. The Morgan fingerprint density at radius 1 is 1.21 bits per heavy atom. The summed E-state index contributed by atoms with van der Waals surface area (Å²) in [7, 11) is 1.61. The Bertz CT molecular complexity index is 482. The van der Waals surface area contributed by atoms with Crippen molar-refractivity contribution in [3.63, 3.8) is 0 Å². The van der Waals surface area contributed by atoms with E-state index in [0.717, 1.165) is 15.7 Å². The van der Waals surface area contributed by atoms with Crippen LogP contribution in [0.4, 0.5) is 0 Å². The molecule has 0 fully saturated rings. The highest BCUT2D eigenvalue weighted by Crippen LogP contribution is 2.33. The number of ether oxygens (including phenoxy) is 1. The molecule has 2 rings (SSSR count). The van der Waals surface area contributed by atoms with Crippen molar-refractivity contribution in [2.75, 3.05) is 7.11 Å². The average molecular weight is 225 g/mol. The highest BCUT2D eigenvalue weighted by atomic mass is 35.5. The molecule has 0 radical (unpaired) electrons. The van der Waals surface area contributed by atoms with E-state index in [0.29, 0.717) is 10.8 Å². The molecule has 3 heteroatoms. The summed E-state index contributed by atoms with van der Waals surface area (Å²) in [4.78, 5) is 0.929. The summed E-state index contributed by atoms with van der Waals surface area (Å²) < 4.78 is 5.13. The van der Waals surface area contributed by atoms with Crippen LogP contribution in [-0.4, -0.2) is 7.11 Å². The topological polar surface area (TPSA) is 9.23 Å². The normalized spacial score (nSPS) is 10.5. The number of halogens is 1. The first-order chi connectivity index (χ1) is 6.72. The summed E-state index contributed by atoms with van der Waals surface area (Å²) in [6.45, 7) is 0. The first kappa shape index (κ1) is 9.69. The van der Waals surface area contributed by atoms with Crippen LogP contribution in [0.3, 0.4) is 0 Å². The number of hydrogen-bond donors (Lipinski definition) is 1. The third kappa shape index (κ3) is 1.56. The summed E-state index contributed by atoms with van der Waals surface area (Å²) in [6.07, 6.45) is 0. The molecular weight excluding hydrogens is 216 g/mol. The van der Waals surface area contributed by atoms with Crippen molar-refractivity contribution in [2.45, 2.75) is 4.90 Å². The van der Waals surface area contributed by atoms with E-state index in [2.05, 4.69) is 12.6 Å². The fourth-order valence-electron chi connectivity index (χ4n) is 1.42. The van der Waals surface area contributed by atoms with Crippen LogP contribution in [0.25, 0.3) is 10.8 Å². The second-order valence-electron chi connectivity index (χ2n) is 2.99. The number of methoxy groups -OCH3 is 1. The van der Waals surface area contributed by atoms with E-state index >= 15 is 0 Å². The predicted molar refractivity (Wildman–Crippen MR) is 62.8 cm³/mol. The third-order valence-corrected chi connectivity index (χ3v) is 2.79. The Balaban J connectivity index is 2.77. The first-order valence-corrected chi connectivity index (χ1v) is 5.00. The Labute approximate surface area is 93.0 Å². The number of benzene rings is 2. The maximum Gasteiger partial charge on any atom is 0.138 e. The van der Waals surface area contributed by atoms with Crippen LogP contribution in [0.15, 0.2) is 35.2 Å². The molecule has 1 nitrogen and oxygen atoms in total. The van der Waals surface area contributed by atoms with Crippen molar-refractivity contribution in [1.29, 1.82) is 0 Å². The molecule has 0 aliphatic heterocycles. The molecule has 0 N–H and O–H groups in total. The van der Waals surface area contributed by atoms with Crippen molar-refractivity contribution >= 4 is 35.0 Å². The summed E-state index contributed by atoms with van der Waals surface area (Å²) in [5, 5.41) is 2.71. The van der Waals surface area contributed by atoms with E-state index in [4.69, 9.17) is 16.3 Å². The highest BCUT2D eigenvalue weighted by Gasteiger charge is 2.05. The smallest absolute Gasteiger partial charge is 0.138 e. The summed E-state index contributed by atoms with van der Waals surface area (Å²) in [5.74, 6) is 0.700. The van der Waals surface area contributed by atoms with Crippen molar-refractivity contribution in [3.8, 4) is 5.75 Å². The minimum Gasteiger partial charge on any atom is -0.495 e. The van der Waals surface area contributed by atoms with Gasteiger partial charge in [0.05, 0.1) is 12.1 Å². The maximum atomic E-state index is 6.14. The van der Waals surface area contributed by atoms with Gasteiger partial charge in [0.1, 0.15) is 5.75 Å². The van der Waals surface area contributed by atoms with Gasteiger partial charge in [0, 0.05) is 10.3 Å². The Morgan fingerprint density at radius 2 is 2.00 bits per heavy atom. The molecule has 0 spiro atoms. The number of fused-ring (bicyclic) bond motifs is 1. The SMILES string of the molecule is COc1ccc2cc(S)ccc2c1Cl. The molecule has 0 aliphatic carbocycles. The minimum atomic E-state index is 0.651. The van der Waals surface area contributed by atoms with E-state index in [1.54, 1.807) is 7.11 Å². The molecule has 0 atom stereocenters. The molecule has 0 unspecified atom stereocenters. The molecule has 0 aromatic heterocycles. The van der Waals surface area contributed by atoms with Gasteiger partial charge in [0.25, 0.3) is 0 Å². The highest BCUT2D eigenvalue weighted by molar-refractivity contribution is 7.80. The molecule has 2 aromatic carbocycles. The van der Waals surface area contributed by atoms with Crippen LogP contribution in [0.5, 0.6) is 5.75 Å². The molecule has 0 saturated heterocycles. The van der Waals surface area contributed by atoms with Gasteiger partial charge in [0.15, 0.2) is 0 Å². The second kappa shape index (κ2) is 3.71. The molecule has 0 heterocycles. The molecule has 0 aliphatic rings. The number of hydrogen-bond acceptors (Lipinski definition) is 2. The van der Waals surface area contributed by atoms with E-state index in [1.165, 1.54) is 0 Å². The van der Waals surface area contributed by atoms with Gasteiger partial charge >= 0.3 is 0 Å². The van der Waals surface area contributed by atoms with Gasteiger partial charge in [-0.1, -0.05) is 23.7 Å². The Morgan fingerprint density at radius 3 is 2.71 bits per heavy atom. The van der Waals surface area contributed by atoms with Gasteiger partial charge in [-0.25, -0.2) is 0 Å². The van der Waals surface area contributed by atoms with Gasteiger partial charge in [-0.15, -0.1) is 12.6 Å². The van der Waals surface area contributed by atoms with E-state index < -0.39 is 0 Å². The zero-order valence-corrected chi connectivity index (χ0v) is 9.27. The van der Waals surface area contributed by atoms with E-state index in [1.807, 2.05) is 30.3 Å². The average Bonchev–Trinajstić information content (AvgIpc) is 2.18. The molecule has 72 valence electrons. The van der Waals surface area contributed by atoms with Crippen molar-refractivity contribution in [3.05, 3.63) is 35.4 Å². The first-order valence-electron chi connectivity index (χ1n) is 4.17. The summed E-state index contributed by atoms with van der Waals surface area (Å²) in [5.41, 5.74) is 0. The Kier molecular flexibility index (Phi) is 2.57. The molecule has 0 amide bonds. The zero-order chi connectivity index (χ0) is 10.1. The van der Waals surface area contributed by atoms with Gasteiger partial charge in [0.2, 0.25) is 0 Å².